The first kappa shape index (κ1) is 17.6. The zero-order valence-electron chi connectivity index (χ0n) is 14.8. The van der Waals surface area contributed by atoms with E-state index in [1.54, 1.807) is 12.4 Å². The lowest BCUT2D eigenvalue weighted by Crippen LogP contribution is -2.30. The molecule has 2 aromatic heterocycles. The van der Waals surface area contributed by atoms with Gasteiger partial charge in [-0.1, -0.05) is 13.3 Å². The second-order valence-electron chi connectivity index (χ2n) is 6.73. The van der Waals surface area contributed by atoms with Crippen molar-refractivity contribution in [3.05, 3.63) is 30.6 Å². The lowest BCUT2D eigenvalue weighted by molar-refractivity contribution is -0.122. The van der Waals surface area contributed by atoms with Gasteiger partial charge in [-0.05, 0) is 56.8 Å². The molecule has 0 aromatic carbocycles. The lowest BCUT2D eigenvalue weighted by atomic mass is 9.83. The highest BCUT2D eigenvalue weighted by Crippen LogP contribution is 2.28. The van der Waals surface area contributed by atoms with Crippen molar-refractivity contribution in [3.8, 4) is 11.3 Å². The Hall–Kier alpha value is -2.21. The number of amides is 1. The van der Waals surface area contributed by atoms with E-state index in [4.69, 9.17) is 0 Å². The van der Waals surface area contributed by atoms with E-state index < -0.39 is 0 Å². The summed E-state index contributed by atoms with van der Waals surface area (Å²) in [6.07, 6.45) is 8.77. The molecule has 0 radical (unpaired) electrons. The van der Waals surface area contributed by atoms with Gasteiger partial charge in [0.05, 0.1) is 5.69 Å². The molecule has 3 N–H and O–H groups in total. The van der Waals surface area contributed by atoms with Gasteiger partial charge in [-0.2, -0.15) is 5.10 Å². The number of carbonyl (C=O) groups excluding carboxylic acids is 1. The molecule has 3 rings (SSSR count). The Labute approximate surface area is 148 Å². The van der Waals surface area contributed by atoms with E-state index in [2.05, 4.69) is 32.7 Å². The molecule has 6 nitrogen and oxygen atoms in total. The number of carbonyl (C=O) groups is 1. The summed E-state index contributed by atoms with van der Waals surface area (Å²) in [7, 11) is 0. The summed E-state index contributed by atoms with van der Waals surface area (Å²) >= 11 is 0. The zero-order valence-corrected chi connectivity index (χ0v) is 14.8. The van der Waals surface area contributed by atoms with Gasteiger partial charge in [0.15, 0.2) is 5.82 Å². The Morgan fingerprint density at radius 1 is 1.32 bits per heavy atom. The third-order valence-corrected chi connectivity index (χ3v) is 4.95. The predicted octanol–water partition coefficient (Wildman–Crippen LogP) is 3.22. The van der Waals surface area contributed by atoms with E-state index in [-0.39, 0.29) is 11.8 Å². The molecule has 25 heavy (non-hydrogen) atoms. The molecule has 1 saturated heterocycles. The zero-order chi connectivity index (χ0) is 17.5. The van der Waals surface area contributed by atoms with Gasteiger partial charge in [0, 0.05) is 29.9 Å². The summed E-state index contributed by atoms with van der Waals surface area (Å²) in [6.45, 7) is 4.21. The van der Waals surface area contributed by atoms with Crippen LogP contribution in [0.3, 0.4) is 0 Å². The molecule has 2 aromatic rings. The molecule has 2 atom stereocenters. The SMILES string of the molecule is CCCC(C(=O)Nc1cc(-c2ccncc2)[nH]n1)C1CCCNCC1. The number of aromatic amines is 1. The summed E-state index contributed by atoms with van der Waals surface area (Å²) in [5, 5.41) is 13.7. The molecule has 134 valence electrons. The Morgan fingerprint density at radius 3 is 2.96 bits per heavy atom. The first-order chi connectivity index (χ1) is 12.3. The van der Waals surface area contributed by atoms with Crippen molar-refractivity contribution in [1.82, 2.24) is 20.5 Å². The molecular weight excluding hydrogens is 314 g/mol. The summed E-state index contributed by atoms with van der Waals surface area (Å²) in [6, 6.07) is 5.71. The maximum atomic E-state index is 12.9. The van der Waals surface area contributed by atoms with Crippen LogP contribution in [0.4, 0.5) is 5.82 Å². The van der Waals surface area contributed by atoms with E-state index in [9.17, 15) is 4.79 Å². The van der Waals surface area contributed by atoms with Crippen LogP contribution in [0.25, 0.3) is 11.3 Å². The number of nitrogens with one attached hydrogen (secondary N) is 3. The number of rotatable bonds is 6. The Bertz CT molecular complexity index is 661. The fraction of sp³-hybridized carbons (Fsp3) is 0.526. The van der Waals surface area contributed by atoms with Crippen molar-refractivity contribution >= 4 is 11.7 Å². The maximum absolute atomic E-state index is 12.9. The maximum Gasteiger partial charge on any atom is 0.228 e. The third-order valence-electron chi connectivity index (χ3n) is 4.95. The van der Waals surface area contributed by atoms with Gasteiger partial charge >= 0.3 is 0 Å². The van der Waals surface area contributed by atoms with E-state index in [0.717, 1.165) is 56.5 Å². The summed E-state index contributed by atoms with van der Waals surface area (Å²) < 4.78 is 0. The lowest BCUT2D eigenvalue weighted by Gasteiger charge is -2.24. The van der Waals surface area contributed by atoms with Crippen molar-refractivity contribution in [2.24, 2.45) is 11.8 Å². The van der Waals surface area contributed by atoms with Crippen molar-refractivity contribution < 1.29 is 4.79 Å². The quantitative estimate of drug-likeness (QED) is 0.753. The summed E-state index contributed by atoms with van der Waals surface area (Å²) in [5.74, 6) is 1.20. The first-order valence-electron chi connectivity index (χ1n) is 9.25. The van der Waals surface area contributed by atoms with Crippen LogP contribution in [0.1, 0.15) is 39.0 Å². The van der Waals surface area contributed by atoms with Gasteiger partial charge in [0.2, 0.25) is 5.91 Å². The van der Waals surface area contributed by atoms with Gasteiger partial charge in [-0.25, -0.2) is 0 Å². The van der Waals surface area contributed by atoms with Crippen molar-refractivity contribution in [3.63, 3.8) is 0 Å². The molecule has 1 aliphatic rings. The van der Waals surface area contributed by atoms with E-state index in [1.165, 1.54) is 0 Å². The van der Waals surface area contributed by atoms with Crippen molar-refractivity contribution in [2.45, 2.75) is 39.0 Å². The molecule has 1 fully saturated rings. The third kappa shape index (κ3) is 4.66. The van der Waals surface area contributed by atoms with Crippen LogP contribution < -0.4 is 10.6 Å². The Balaban J connectivity index is 1.67. The summed E-state index contributed by atoms with van der Waals surface area (Å²) in [5.41, 5.74) is 1.88. The molecular formula is C19H27N5O. The average Bonchev–Trinajstić information content (AvgIpc) is 2.93. The van der Waals surface area contributed by atoms with Crippen molar-refractivity contribution in [1.29, 1.82) is 0 Å². The second-order valence-corrected chi connectivity index (χ2v) is 6.73. The molecule has 0 aliphatic carbocycles. The average molecular weight is 341 g/mol. The highest BCUT2D eigenvalue weighted by atomic mass is 16.2. The Morgan fingerprint density at radius 2 is 2.16 bits per heavy atom. The monoisotopic (exact) mass is 341 g/mol. The second kappa shape index (κ2) is 8.76. The fourth-order valence-corrected chi connectivity index (χ4v) is 3.62. The number of nitrogens with zero attached hydrogens (tertiary/aromatic N) is 2. The van der Waals surface area contributed by atoms with Crippen LogP contribution in [0.5, 0.6) is 0 Å². The number of anilines is 1. The van der Waals surface area contributed by atoms with Gasteiger partial charge in [-0.3, -0.25) is 14.9 Å². The first-order valence-corrected chi connectivity index (χ1v) is 9.25. The van der Waals surface area contributed by atoms with Gasteiger partial charge in [0.1, 0.15) is 0 Å². The van der Waals surface area contributed by atoms with Crippen LogP contribution in [-0.2, 0) is 4.79 Å². The minimum atomic E-state index is 0.0611. The van der Waals surface area contributed by atoms with Crippen LogP contribution in [0.15, 0.2) is 30.6 Å². The standard InChI is InChI=1S/C19H27N5O/c1-2-4-16(14-5-3-9-20-10-6-14)19(25)22-18-13-17(23-24-18)15-7-11-21-12-8-15/h7-8,11-14,16,20H,2-6,9-10H2,1H3,(H2,22,23,24,25). The van der Waals surface area contributed by atoms with E-state index in [1.807, 2.05) is 18.2 Å². The molecule has 1 amide bonds. The number of hydrogen-bond donors (Lipinski definition) is 3. The number of pyridine rings is 1. The fourth-order valence-electron chi connectivity index (χ4n) is 3.62. The topological polar surface area (TPSA) is 82.7 Å². The molecule has 6 heteroatoms. The van der Waals surface area contributed by atoms with Gasteiger partial charge in [0.25, 0.3) is 0 Å². The van der Waals surface area contributed by atoms with Crippen LogP contribution in [-0.4, -0.2) is 34.2 Å². The minimum absolute atomic E-state index is 0.0611. The smallest absolute Gasteiger partial charge is 0.228 e. The highest BCUT2D eigenvalue weighted by molar-refractivity contribution is 5.92. The molecule has 0 spiro atoms. The van der Waals surface area contributed by atoms with Crippen molar-refractivity contribution in [2.75, 3.05) is 18.4 Å². The number of H-pyrrole nitrogens is 1. The molecule has 3 heterocycles. The van der Waals surface area contributed by atoms with Crippen LogP contribution >= 0.6 is 0 Å². The molecule has 0 saturated carbocycles. The van der Waals surface area contributed by atoms with E-state index in [0.29, 0.717) is 11.7 Å². The summed E-state index contributed by atoms with van der Waals surface area (Å²) in [4.78, 5) is 16.9. The number of aromatic nitrogens is 3. The van der Waals surface area contributed by atoms with Crippen LogP contribution in [0.2, 0.25) is 0 Å². The van der Waals surface area contributed by atoms with E-state index >= 15 is 0 Å². The predicted molar refractivity (Wildman–Crippen MR) is 99.1 cm³/mol. The highest BCUT2D eigenvalue weighted by Gasteiger charge is 2.28. The Kier molecular flexibility index (Phi) is 6.17. The minimum Gasteiger partial charge on any atom is -0.317 e. The largest absolute Gasteiger partial charge is 0.317 e. The van der Waals surface area contributed by atoms with Gasteiger partial charge in [-0.15, -0.1) is 0 Å². The molecule has 2 unspecified atom stereocenters. The molecule has 1 aliphatic heterocycles. The number of hydrogen-bond acceptors (Lipinski definition) is 4. The molecule has 0 bridgehead atoms. The normalized spacial score (nSPS) is 19.2. The van der Waals surface area contributed by atoms with Crippen LogP contribution in [0, 0.1) is 11.8 Å². The van der Waals surface area contributed by atoms with Gasteiger partial charge < -0.3 is 10.6 Å².